The van der Waals surface area contributed by atoms with Gasteiger partial charge in [-0.2, -0.15) is 14.4 Å². The van der Waals surface area contributed by atoms with Gasteiger partial charge in [-0.25, -0.2) is 4.79 Å². The van der Waals surface area contributed by atoms with E-state index in [4.69, 9.17) is 9.26 Å². The minimum absolute atomic E-state index is 0.0647. The van der Waals surface area contributed by atoms with Crippen molar-refractivity contribution < 1.29 is 23.4 Å². The van der Waals surface area contributed by atoms with Crippen molar-refractivity contribution in [3.05, 3.63) is 71.5 Å². The number of carbonyl (C=O) groups is 2. The van der Waals surface area contributed by atoms with Crippen LogP contribution in [0.1, 0.15) is 18.4 Å². The summed E-state index contributed by atoms with van der Waals surface area (Å²) in [7, 11) is 0. The molecule has 3 heterocycles. The molecule has 3 aromatic rings. The summed E-state index contributed by atoms with van der Waals surface area (Å²) in [6.07, 6.45) is 1.79. The Labute approximate surface area is 194 Å². The van der Waals surface area contributed by atoms with Gasteiger partial charge in [-0.05, 0) is 49.6 Å². The van der Waals surface area contributed by atoms with Crippen LogP contribution in [0.5, 0.6) is 5.75 Å². The number of fused-ring (bicyclic) bond motifs is 1. The van der Waals surface area contributed by atoms with E-state index < -0.39 is 11.3 Å². The SMILES string of the molecule is CCOc1ccc(N2C(=O)C3SC=CC3=[N+](Cc3nc(-c4ccc(C)cc4)no3)C2=O)cc1. The Morgan fingerprint density at radius 1 is 1.12 bits per heavy atom. The number of hydrogen-bond donors (Lipinski definition) is 0. The summed E-state index contributed by atoms with van der Waals surface area (Å²) in [5, 5.41) is 5.38. The second-order valence-electron chi connectivity index (χ2n) is 7.59. The monoisotopic (exact) mass is 461 g/mol. The van der Waals surface area contributed by atoms with E-state index >= 15 is 0 Å². The van der Waals surface area contributed by atoms with Gasteiger partial charge in [-0.1, -0.05) is 35.0 Å². The minimum Gasteiger partial charge on any atom is -0.494 e. The lowest BCUT2D eigenvalue weighted by atomic mass is 10.1. The van der Waals surface area contributed by atoms with E-state index in [-0.39, 0.29) is 18.3 Å². The standard InChI is InChI=1S/C24H21N4O4S/c1-3-31-18-10-8-17(9-11-18)28-23(29)21-19(12-13-33-21)27(24(28)30)14-20-25-22(26-32-20)16-6-4-15(2)5-7-16/h4-13,21H,3,14H2,1-2H3/q+1. The molecular weight excluding hydrogens is 440 g/mol. The zero-order valence-electron chi connectivity index (χ0n) is 18.1. The van der Waals surface area contributed by atoms with Gasteiger partial charge in [0.25, 0.3) is 5.89 Å². The number of urea groups is 1. The van der Waals surface area contributed by atoms with Gasteiger partial charge in [-0.15, -0.1) is 16.7 Å². The van der Waals surface area contributed by atoms with Crippen molar-refractivity contribution in [3.63, 3.8) is 0 Å². The molecule has 0 fully saturated rings. The Balaban J connectivity index is 1.45. The fourth-order valence-corrected chi connectivity index (χ4v) is 4.67. The molecule has 2 aliphatic rings. The molecule has 8 nitrogen and oxygen atoms in total. The lowest BCUT2D eigenvalue weighted by molar-refractivity contribution is -0.448. The predicted molar refractivity (Wildman–Crippen MR) is 124 cm³/mol. The van der Waals surface area contributed by atoms with Crippen LogP contribution in [0.4, 0.5) is 10.5 Å². The molecule has 9 heteroatoms. The first kappa shape index (κ1) is 21.1. The zero-order valence-corrected chi connectivity index (χ0v) is 18.9. The zero-order chi connectivity index (χ0) is 22.9. The second-order valence-corrected chi connectivity index (χ2v) is 8.61. The van der Waals surface area contributed by atoms with Crippen LogP contribution in [0.2, 0.25) is 0 Å². The number of thioether (sulfide) groups is 1. The van der Waals surface area contributed by atoms with Crippen molar-refractivity contribution in [2.45, 2.75) is 25.6 Å². The first-order valence-electron chi connectivity index (χ1n) is 10.5. The summed E-state index contributed by atoms with van der Waals surface area (Å²) in [5.41, 5.74) is 3.06. The van der Waals surface area contributed by atoms with Crippen LogP contribution in [0, 0.1) is 6.92 Å². The van der Waals surface area contributed by atoms with E-state index in [2.05, 4.69) is 10.1 Å². The van der Waals surface area contributed by atoms with Gasteiger partial charge in [0.1, 0.15) is 17.1 Å². The quantitative estimate of drug-likeness (QED) is 0.509. The van der Waals surface area contributed by atoms with Crippen molar-refractivity contribution >= 4 is 35.1 Å². The third-order valence-electron chi connectivity index (χ3n) is 5.38. The van der Waals surface area contributed by atoms with Gasteiger partial charge in [0.05, 0.1) is 6.61 Å². The van der Waals surface area contributed by atoms with E-state index in [1.54, 1.807) is 30.3 Å². The molecule has 2 aliphatic heterocycles. The van der Waals surface area contributed by atoms with Gasteiger partial charge >= 0.3 is 11.9 Å². The first-order valence-corrected chi connectivity index (χ1v) is 11.5. The molecule has 1 atom stereocenters. The Kier molecular flexibility index (Phi) is 5.55. The van der Waals surface area contributed by atoms with Gasteiger partial charge in [0.2, 0.25) is 5.82 Å². The van der Waals surface area contributed by atoms with Gasteiger partial charge in [-0.3, -0.25) is 0 Å². The highest BCUT2D eigenvalue weighted by atomic mass is 32.2. The van der Waals surface area contributed by atoms with Gasteiger partial charge < -0.3 is 9.26 Å². The third kappa shape index (κ3) is 3.95. The molecule has 5 rings (SSSR count). The number of imide groups is 1. The van der Waals surface area contributed by atoms with Gasteiger partial charge in [0.15, 0.2) is 11.8 Å². The Morgan fingerprint density at radius 2 is 1.88 bits per heavy atom. The molecule has 0 radical (unpaired) electrons. The second kappa shape index (κ2) is 8.67. The van der Waals surface area contributed by atoms with E-state index in [9.17, 15) is 9.59 Å². The number of allylic oxidation sites excluding steroid dienone is 1. The van der Waals surface area contributed by atoms with Crippen molar-refractivity contribution in [1.82, 2.24) is 10.1 Å². The topological polar surface area (TPSA) is 88.5 Å². The molecule has 166 valence electrons. The number of benzene rings is 2. The molecule has 0 aliphatic carbocycles. The van der Waals surface area contributed by atoms with E-state index in [1.807, 2.05) is 43.5 Å². The van der Waals surface area contributed by atoms with Crippen LogP contribution in [-0.4, -0.2) is 44.2 Å². The largest absolute Gasteiger partial charge is 0.506 e. The highest BCUT2D eigenvalue weighted by molar-refractivity contribution is 8.04. The Hall–Kier alpha value is -3.72. The maximum atomic E-state index is 13.5. The number of ether oxygens (including phenoxy) is 1. The van der Waals surface area contributed by atoms with E-state index in [1.165, 1.54) is 21.2 Å². The number of anilines is 1. The average molecular weight is 462 g/mol. The van der Waals surface area contributed by atoms with Crippen LogP contribution in [0.25, 0.3) is 11.4 Å². The van der Waals surface area contributed by atoms with Crippen molar-refractivity contribution in [2.75, 3.05) is 11.5 Å². The van der Waals surface area contributed by atoms with Crippen molar-refractivity contribution in [2.24, 2.45) is 0 Å². The minimum atomic E-state index is -0.506. The fraction of sp³-hybridized carbons (Fsp3) is 0.208. The van der Waals surface area contributed by atoms with Crippen LogP contribution in [0.15, 0.2) is 64.5 Å². The summed E-state index contributed by atoms with van der Waals surface area (Å²) in [5.74, 6) is 1.13. The molecule has 0 saturated carbocycles. The van der Waals surface area contributed by atoms with E-state index in [0.29, 0.717) is 29.6 Å². The Morgan fingerprint density at radius 3 is 2.61 bits per heavy atom. The molecular formula is C24H21N4O4S+. The lowest BCUT2D eigenvalue weighted by Crippen LogP contribution is -2.55. The van der Waals surface area contributed by atoms with Crippen LogP contribution < -0.4 is 9.64 Å². The molecule has 0 spiro atoms. The lowest BCUT2D eigenvalue weighted by Gasteiger charge is -2.23. The molecule has 0 N–H and O–H groups in total. The number of rotatable bonds is 6. The first-order chi connectivity index (χ1) is 16.0. The summed E-state index contributed by atoms with van der Waals surface area (Å²) < 4.78 is 12.4. The average Bonchev–Trinajstić information content (AvgIpc) is 3.49. The van der Waals surface area contributed by atoms with Crippen LogP contribution in [0.3, 0.4) is 0 Å². The molecule has 2 aromatic carbocycles. The predicted octanol–water partition coefficient (Wildman–Crippen LogP) is 4.19. The highest BCUT2D eigenvalue weighted by Crippen LogP contribution is 2.32. The van der Waals surface area contributed by atoms with Crippen LogP contribution >= 0.6 is 11.8 Å². The summed E-state index contributed by atoms with van der Waals surface area (Å²) in [6.45, 7) is 4.50. The smallest absolute Gasteiger partial charge is 0.494 e. The van der Waals surface area contributed by atoms with Crippen molar-refractivity contribution in [1.29, 1.82) is 0 Å². The summed E-state index contributed by atoms with van der Waals surface area (Å²) >= 11 is 1.37. The molecule has 0 bridgehead atoms. The number of nitrogens with zero attached hydrogens (tertiary/aromatic N) is 4. The maximum Gasteiger partial charge on any atom is 0.506 e. The molecule has 0 saturated heterocycles. The normalized spacial score (nSPS) is 17.6. The summed E-state index contributed by atoms with van der Waals surface area (Å²) in [4.78, 5) is 32.3. The summed E-state index contributed by atoms with van der Waals surface area (Å²) in [6, 6.07) is 14.2. The number of hydrogen-bond acceptors (Lipinski definition) is 7. The van der Waals surface area contributed by atoms with Gasteiger partial charge in [0, 0.05) is 5.56 Å². The third-order valence-corrected chi connectivity index (χ3v) is 6.39. The number of aromatic nitrogens is 2. The molecule has 3 amide bonds. The fourth-order valence-electron chi connectivity index (χ4n) is 3.73. The van der Waals surface area contributed by atoms with Crippen molar-refractivity contribution in [3.8, 4) is 17.1 Å². The number of aryl methyl sites for hydroxylation is 1. The maximum absolute atomic E-state index is 13.5. The number of carbonyl (C=O) groups excluding carboxylic acids is 2. The van der Waals surface area contributed by atoms with E-state index in [0.717, 1.165) is 11.1 Å². The highest BCUT2D eigenvalue weighted by Gasteiger charge is 2.50. The Bertz CT molecular complexity index is 1280. The molecule has 33 heavy (non-hydrogen) atoms. The van der Waals surface area contributed by atoms with Crippen LogP contribution in [-0.2, 0) is 11.3 Å². The molecule has 1 unspecified atom stereocenters. The number of amides is 3. The molecule has 1 aromatic heterocycles.